The lowest BCUT2D eigenvalue weighted by Crippen LogP contribution is -2.42. The molecule has 0 unspecified atom stereocenters. The molecule has 2 fully saturated rings. The van der Waals surface area contributed by atoms with Crippen molar-refractivity contribution < 1.29 is 4.79 Å². The van der Waals surface area contributed by atoms with E-state index in [1.165, 1.54) is 17.5 Å². The normalized spacial score (nSPS) is 21.5. The minimum atomic E-state index is -0.208. The standard InChI is InChI=1S/C22H23ClN2O/c1-14-16(5-3-6-18(14)23)22(9-4-10-22)24-15-7-8-17-19(13-15)25(2)20(26)21(17)11-12-21/h3,5-8,13,24H,4,9-12H2,1-2H3. The summed E-state index contributed by atoms with van der Waals surface area (Å²) < 4.78 is 0. The first kappa shape index (κ1) is 16.2. The lowest BCUT2D eigenvalue weighted by molar-refractivity contribution is -0.119. The molecule has 4 heteroatoms. The second-order valence-corrected chi connectivity index (χ2v) is 8.56. The third-order valence-corrected chi connectivity index (χ3v) is 7.12. The summed E-state index contributed by atoms with van der Waals surface area (Å²) in [5.41, 5.74) is 5.54. The predicted molar refractivity (Wildman–Crippen MR) is 106 cm³/mol. The molecule has 2 aromatic carbocycles. The van der Waals surface area contributed by atoms with Crippen molar-refractivity contribution in [2.75, 3.05) is 17.3 Å². The van der Waals surface area contributed by atoms with Gasteiger partial charge in [0.2, 0.25) is 5.91 Å². The Bertz CT molecular complexity index is 928. The fourth-order valence-corrected chi connectivity index (χ4v) is 5.01. The van der Waals surface area contributed by atoms with Crippen LogP contribution in [0.1, 0.15) is 48.8 Å². The summed E-state index contributed by atoms with van der Waals surface area (Å²) in [6.07, 6.45) is 5.39. The first-order chi connectivity index (χ1) is 12.5. The molecule has 2 saturated carbocycles. The highest BCUT2D eigenvalue weighted by atomic mass is 35.5. The van der Waals surface area contributed by atoms with Crippen molar-refractivity contribution in [3.63, 3.8) is 0 Å². The maximum atomic E-state index is 12.6. The Morgan fingerprint density at radius 2 is 1.85 bits per heavy atom. The third-order valence-electron chi connectivity index (χ3n) is 6.71. The van der Waals surface area contributed by atoms with Crippen LogP contribution in [0.3, 0.4) is 0 Å². The molecule has 1 spiro atoms. The van der Waals surface area contributed by atoms with E-state index in [-0.39, 0.29) is 16.9 Å². The van der Waals surface area contributed by atoms with Gasteiger partial charge in [-0.25, -0.2) is 0 Å². The average Bonchev–Trinajstić information content (AvgIpc) is 3.38. The topological polar surface area (TPSA) is 32.3 Å². The van der Waals surface area contributed by atoms with Crippen LogP contribution in [0.15, 0.2) is 36.4 Å². The minimum Gasteiger partial charge on any atom is -0.375 e. The molecule has 0 saturated heterocycles. The van der Waals surface area contributed by atoms with Gasteiger partial charge in [0.1, 0.15) is 0 Å². The SMILES string of the molecule is Cc1c(Cl)cccc1C1(Nc2ccc3c(c2)N(C)C(=O)C32CC2)CCC1. The number of anilines is 2. The van der Waals surface area contributed by atoms with Crippen LogP contribution in [-0.2, 0) is 15.7 Å². The fraction of sp³-hybridized carbons (Fsp3) is 0.409. The first-order valence-corrected chi connectivity index (χ1v) is 9.81. The highest BCUT2D eigenvalue weighted by Crippen LogP contribution is 2.57. The summed E-state index contributed by atoms with van der Waals surface area (Å²) in [5, 5.41) is 4.62. The Labute approximate surface area is 159 Å². The molecule has 0 bridgehead atoms. The van der Waals surface area contributed by atoms with E-state index >= 15 is 0 Å². The molecule has 26 heavy (non-hydrogen) atoms. The van der Waals surface area contributed by atoms with Crippen LogP contribution >= 0.6 is 11.6 Å². The van der Waals surface area contributed by atoms with Gasteiger partial charge in [0.05, 0.1) is 11.0 Å². The molecule has 1 amide bonds. The van der Waals surface area contributed by atoms with E-state index in [1.54, 1.807) is 0 Å². The van der Waals surface area contributed by atoms with E-state index in [2.05, 4.69) is 36.5 Å². The number of benzene rings is 2. The molecule has 5 rings (SSSR count). The maximum Gasteiger partial charge on any atom is 0.237 e. The number of rotatable bonds is 3. The molecule has 2 aliphatic carbocycles. The number of nitrogens with one attached hydrogen (secondary N) is 1. The Morgan fingerprint density at radius 3 is 2.50 bits per heavy atom. The number of carbonyl (C=O) groups is 1. The Kier molecular flexibility index (Phi) is 3.28. The first-order valence-electron chi connectivity index (χ1n) is 9.43. The van der Waals surface area contributed by atoms with Gasteiger partial charge in [0.25, 0.3) is 0 Å². The molecule has 0 aromatic heterocycles. The smallest absolute Gasteiger partial charge is 0.237 e. The van der Waals surface area contributed by atoms with Crippen LogP contribution in [0, 0.1) is 6.92 Å². The zero-order valence-corrected chi connectivity index (χ0v) is 16.0. The Morgan fingerprint density at radius 1 is 1.08 bits per heavy atom. The van der Waals surface area contributed by atoms with E-state index in [1.807, 2.05) is 24.1 Å². The van der Waals surface area contributed by atoms with E-state index in [0.717, 1.165) is 47.6 Å². The zero-order chi connectivity index (χ0) is 18.1. The van der Waals surface area contributed by atoms with Gasteiger partial charge in [-0.05, 0) is 73.9 Å². The van der Waals surface area contributed by atoms with Crippen LogP contribution in [0.2, 0.25) is 5.02 Å². The van der Waals surface area contributed by atoms with E-state index in [0.29, 0.717) is 0 Å². The lowest BCUT2D eigenvalue weighted by Gasteiger charge is -2.45. The van der Waals surface area contributed by atoms with Gasteiger partial charge in [-0.3, -0.25) is 4.79 Å². The molecule has 134 valence electrons. The number of halogens is 1. The van der Waals surface area contributed by atoms with Gasteiger partial charge in [0.15, 0.2) is 0 Å². The highest BCUT2D eigenvalue weighted by Gasteiger charge is 2.58. The molecule has 1 N–H and O–H groups in total. The lowest BCUT2D eigenvalue weighted by atomic mass is 9.70. The second kappa shape index (κ2) is 5.26. The largest absolute Gasteiger partial charge is 0.375 e. The van der Waals surface area contributed by atoms with Gasteiger partial charge in [-0.2, -0.15) is 0 Å². The van der Waals surface area contributed by atoms with Crippen molar-refractivity contribution in [2.45, 2.75) is 50.0 Å². The molecule has 0 atom stereocenters. The van der Waals surface area contributed by atoms with E-state index < -0.39 is 0 Å². The number of nitrogens with zero attached hydrogens (tertiary/aromatic N) is 1. The third kappa shape index (κ3) is 2.04. The highest BCUT2D eigenvalue weighted by molar-refractivity contribution is 6.31. The van der Waals surface area contributed by atoms with Crippen molar-refractivity contribution in [3.05, 3.63) is 58.1 Å². The summed E-state index contributed by atoms with van der Waals surface area (Å²) in [4.78, 5) is 14.4. The Hall–Kier alpha value is -2.00. The van der Waals surface area contributed by atoms with Gasteiger partial charge >= 0.3 is 0 Å². The van der Waals surface area contributed by atoms with Crippen molar-refractivity contribution >= 4 is 28.9 Å². The van der Waals surface area contributed by atoms with E-state index in [9.17, 15) is 4.79 Å². The monoisotopic (exact) mass is 366 g/mol. The van der Waals surface area contributed by atoms with Gasteiger partial charge in [-0.1, -0.05) is 29.8 Å². The molecule has 1 aliphatic heterocycles. The molecule has 3 nitrogen and oxygen atoms in total. The quantitative estimate of drug-likeness (QED) is 0.814. The van der Waals surface area contributed by atoms with Crippen LogP contribution in [0.25, 0.3) is 0 Å². The van der Waals surface area contributed by atoms with E-state index in [4.69, 9.17) is 11.6 Å². The second-order valence-electron chi connectivity index (χ2n) is 8.15. The molecular weight excluding hydrogens is 344 g/mol. The number of amides is 1. The number of carbonyl (C=O) groups excluding carboxylic acids is 1. The number of likely N-dealkylation sites (N-methyl/N-ethyl adjacent to an activating group) is 1. The average molecular weight is 367 g/mol. The number of fused-ring (bicyclic) bond motifs is 2. The fourth-order valence-electron chi connectivity index (χ4n) is 4.84. The van der Waals surface area contributed by atoms with Gasteiger partial charge < -0.3 is 10.2 Å². The van der Waals surface area contributed by atoms with Crippen molar-refractivity contribution in [3.8, 4) is 0 Å². The summed E-state index contributed by atoms with van der Waals surface area (Å²) in [6, 6.07) is 12.6. The predicted octanol–water partition coefficient (Wildman–Crippen LogP) is 5.15. The van der Waals surface area contributed by atoms with Gasteiger partial charge in [0, 0.05) is 23.4 Å². The van der Waals surface area contributed by atoms with Gasteiger partial charge in [-0.15, -0.1) is 0 Å². The van der Waals surface area contributed by atoms with Crippen molar-refractivity contribution in [1.82, 2.24) is 0 Å². The molecule has 1 heterocycles. The van der Waals surface area contributed by atoms with Crippen molar-refractivity contribution in [2.24, 2.45) is 0 Å². The summed E-state index contributed by atoms with van der Waals surface area (Å²) in [6.45, 7) is 2.10. The van der Waals surface area contributed by atoms with Crippen LogP contribution in [-0.4, -0.2) is 13.0 Å². The zero-order valence-electron chi connectivity index (χ0n) is 15.2. The molecule has 0 radical (unpaired) electrons. The molecular formula is C22H23ClN2O. The van der Waals surface area contributed by atoms with Crippen LogP contribution in [0.4, 0.5) is 11.4 Å². The molecule has 2 aromatic rings. The number of hydrogen-bond acceptors (Lipinski definition) is 2. The summed E-state index contributed by atoms with van der Waals surface area (Å²) in [7, 11) is 1.90. The minimum absolute atomic E-state index is 0.0539. The number of hydrogen-bond donors (Lipinski definition) is 1. The van der Waals surface area contributed by atoms with Crippen LogP contribution < -0.4 is 10.2 Å². The Balaban J connectivity index is 1.52. The molecule has 3 aliphatic rings. The van der Waals surface area contributed by atoms with Crippen molar-refractivity contribution in [1.29, 1.82) is 0 Å². The summed E-state index contributed by atoms with van der Waals surface area (Å²) >= 11 is 6.38. The summed E-state index contributed by atoms with van der Waals surface area (Å²) in [5.74, 6) is 0.258. The van der Waals surface area contributed by atoms with Crippen LogP contribution in [0.5, 0.6) is 0 Å². The maximum absolute atomic E-state index is 12.6.